The summed E-state index contributed by atoms with van der Waals surface area (Å²) in [5.74, 6) is 0. The summed E-state index contributed by atoms with van der Waals surface area (Å²) in [4.78, 5) is 172. The molecule has 0 aromatic carbocycles. The van der Waals surface area contributed by atoms with E-state index in [-0.39, 0.29) is 99.1 Å². The third-order valence-electron chi connectivity index (χ3n) is 23.6. The van der Waals surface area contributed by atoms with Gasteiger partial charge in [0.15, 0.2) is 63.9 Å². The van der Waals surface area contributed by atoms with Gasteiger partial charge in [0.05, 0.1) is 107 Å². The van der Waals surface area contributed by atoms with Crippen molar-refractivity contribution >= 4 is 95.4 Å². The molecule has 6 aliphatic heterocycles. The van der Waals surface area contributed by atoms with Crippen molar-refractivity contribution < 1.29 is 83.9 Å². The van der Waals surface area contributed by atoms with Gasteiger partial charge in [-0.05, 0) is 73.0 Å². The van der Waals surface area contributed by atoms with Gasteiger partial charge in [0, 0.05) is 109 Å². The Labute approximate surface area is 767 Å². The van der Waals surface area contributed by atoms with Gasteiger partial charge in [-0.3, -0.25) is 112 Å². The zero-order chi connectivity index (χ0) is 97.1. The Balaban J connectivity index is 0.658. The monoisotopic (exact) mass is 2010 g/mol. The van der Waals surface area contributed by atoms with Crippen LogP contribution in [-0.4, -0.2) is 289 Å². The van der Waals surface area contributed by atoms with Crippen molar-refractivity contribution in [2.24, 2.45) is 0 Å². The Morgan fingerprint density at radius 3 is 0.686 bits per heavy atom. The lowest BCUT2D eigenvalue weighted by molar-refractivity contribution is -0.0514. The van der Waals surface area contributed by atoms with Crippen LogP contribution in [-0.2, 0) is 73.7 Å². The highest BCUT2D eigenvalue weighted by Crippen LogP contribution is 2.58. The second kappa shape index (κ2) is 39.4. The second-order valence-electron chi connectivity index (χ2n) is 33.0. The topological polar surface area (TPSA) is 725 Å². The number of ether oxygens (including phenoxy) is 6. The van der Waals surface area contributed by atoms with Gasteiger partial charge in [-0.2, -0.15) is 0 Å². The van der Waals surface area contributed by atoms with E-state index < -0.39 is 254 Å². The lowest BCUT2D eigenvalue weighted by atomic mass is 10.2. The lowest BCUT2D eigenvalue weighted by Crippen LogP contribution is -2.35. The first-order valence-electron chi connectivity index (χ1n) is 42.1. The summed E-state index contributed by atoms with van der Waals surface area (Å²) in [6.45, 7) is 5.61. The molecule has 6 saturated heterocycles. The Hall–Kier alpha value is -11.4. The first kappa shape index (κ1) is 97.2. The molecule has 62 heteroatoms. The highest BCUT2D eigenvalue weighted by atomic mass is 31.2. The molecule has 11 aromatic rings. The van der Waals surface area contributed by atoms with Crippen LogP contribution in [0.4, 0.5) is 0 Å². The van der Waals surface area contributed by atoms with E-state index in [0.29, 0.717) is 0 Å². The summed E-state index contributed by atoms with van der Waals surface area (Å²) in [7, 11) is -19.9. The van der Waals surface area contributed by atoms with Crippen molar-refractivity contribution in [1.29, 1.82) is 0 Å². The van der Waals surface area contributed by atoms with Crippen molar-refractivity contribution in [1.82, 2.24) is 134 Å². The maximum atomic E-state index is 14.0. The highest BCUT2D eigenvalue weighted by Gasteiger charge is 2.51. The van der Waals surface area contributed by atoms with E-state index in [4.69, 9.17) is 73.7 Å². The molecular formula is C75H94N27O30P5. The van der Waals surface area contributed by atoms with Gasteiger partial charge in [-0.1, -0.05) is 26.1 Å². The van der Waals surface area contributed by atoms with E-state index in [2.05, 4.69) is 138 Å². The molecule has 0 saturated carbocycles. The maximum Gasteiger partial charge on any atom is 0.330 e. The average molecular weight is 2010 g/mol. The molecule has 17 heterocycles. The molecule has 11 unspecified atom stereocenters. The van der Waals surface area contributed by atoms with Crippen molar-refractivity contribution in [3.05, 3.63) is 227 Å². The molecule has 13 N–H and O–H groups in total. The molecule has 6 fully saturated rings. The van der Waals surface area contributed by atoms with Crippen LogP contribution in [0.5, 0.6) is 0 Å². The normalized spacial score (nSPS) is 27.3. The zero-order valence-electron chi connectivity index (χ0n) is 73.5. The Morgan fingerprint density at radius 1 is 0.307 bits per heavy atom. The largest absolute Gasteiger partial charge is 0.394 e. The summed E-state index contributed by atoms with van der Waals surface area (Å²) in [5, 5.41) is 76.5. The molecule has 0 spiro atoms. The minimum absolute atomic E-state index is 0.00346. The number of hydrogen-bond acceptors (Lipinski definition) is 40. The van der Waals surface area contributed by atoms with E-state index in [1.54, 1.807) is 0 Å². The minimum Gasteiger partial charge on any atom is -0.394 e. The van der Waals surface area contributed by atoms with Gasteiger partial charge in [-0.25, -0.2) is 28.8 Å². The zero-order valence-corrected chi connectivity index (χ0v) is 78.0. The fraction of sp³-hybridized carbons (Fsp3) is 0.480. The van der Waals surface area contributed by atoms with Crippen molar-refractivity contribution in [3.63, 3.8) is 0 Å². The highest BCUT2D eigenvalue weighted by molar-refractivity contribution is 7.73. The van der Waals surface area contributed by atoms with Gasteiger partial charge in [0.2, 0.25) is 0 Å². The molecule has 734 valence electrons. The van der Waals surface area contributed by atoms with Crippen LogP contribution in [0, 0.1) is 41.5 Å². The summed E-state index contributed by atoms with van der Waals surface area (Å²) in [6, 6.07) is 0. The number of aliphatic hydroxyl groups is 2. The summed E-state index contributed by atoms with van der Waals surface area (Å²) in [6.07, 6.45) is 13.9. The number of rotatable bonds is 37. The van der Waals surface area contributed by atoms with Crippen LogP contribution >= 0.6 is 36.7 Å². The number of H-pyrrole nitrogens is 11. The molecule has 0 bridgehead atoms. The molecule has 11 aromatic heterocycles. The van der Waals surface area contributed by atoms with Gasteiger partial charge in [0.25, 0.3) is 33.4 Å². The third-order valence-corrected chi connectivity index (χ3v) is 34.0. The van der Waals surface area contributed by atoms with Crippen LogP contribution in [0.15, 0.2) is 126 Å². The first-order valence-corrected chi connectivity index (χ1v) is 51.2. The van der Waals surface area contributed by atoms with Crippen LogP contribution < -0.4 is 94.7 Å². The predicted molar refractivity (Wildman–Crippen MR) is 485 cm³/mol. The number of aryl methyl sites for hydroxylation is 6. The minimum atomic E-state index is -4.12. The van der Waals surface area contributed by atoms with Gasteiger partial charge in [-0.15, -0.1) is 25.5 Å². The number of nitrogens with zero attached hydrogens (tertiary/aromatic N) is 16. The molecule has 23 atom stereocenters. The molecule has 57 nitrogen and oxygen atoms in total. The fourth-order valence-electron chi connectivity index (χ4n) is 16.1. The summed E-state index contributed by atoms with van der Waals surface area (Å²) < 4.78 is 115. The van der Waals surface area contributed by atoms with E-state index in [9.17, 15) is 67.7 Å². The third kappa shape index (κ3) is 20.4. The van der Waals surface area contributed by atoms with E-state index in [0.717, 1.165) is 27.4 Å². The molecule has 6 aliphatic rings. The number of hydrogen-bond donors (Lipinski definition) is 13. The molecule has 0 aliphatic carbocycles. The van der Waals surface area contributed by atoms with E-state index in [1.807, 2.05) is 0 Å². The SMILES string of the molecule is C=P(OC[C@H]1O[C@@H](n2cc(C)c(=O)[nH]c2=O)CC1OP(=C)(OC[C@H]1O[C@@H](n2cc(C)c(=O)[nH]c2=O)CC1OP(=C)(OC[C@H]1O[C@@H](n2cc(C)c(=O)[nH]c2=O)CC1OP(=C)(OC[C@H]1O[C@@H](n2cc(C)c(=O)[nH]c2=O)CC1OP(=C)(OC[C@H]1O[C@@H](n2cc(C)c(=O)[nH]c2=O)CC1O)c1c[nH]nn1)c1c[nH]nn1)c1c[nH]nn1)c1c[nH]nn1)(OC1C[C@H](n2cc(C)c(=O)[nH]c2=O)O[C@@H]1CO)c1c[nH]nn1. The molecule has 17 rings (SSSR count). The van der Waals surface area contributed by atoms with Gasteiger partial charge >= 0.3 is 34.1 Å². The van der Waals surface area contributed by atoms with Crippen molar-refractivity contribution in [2.75, 3.05) is 39.6 Å². The summed E-state index contributed by atoms with van der Waals surface area (Å²) >= 11 is 0. The Kier molecular flexibility index (Phi) is 28.0. The molecule has 0 amide bonds. The number of aromatic amines is 11. The summed E-state index contributed by atoms with van der Waals surface area (Å²) in [5.41, 5.74) is -8.11. The Bertz CT molecular complexity index is 7310. The average Bonchev–Trinajstić information content (AvgIpc) is 1.63. The van der Waals surface area contributed by atoms with Crippen LogP contribution in [0.2, 0.25) is 0 Å². The maximum absolute atomic E-state index is 14.0. The van der Waals surface area contributed by atoms with Crippen molar-refractivity contribution in [3.8, 4) is 0 Å². The molecular weight excluding hydrogens is 1910 g/mol. The van der Waals surface area contributed by atoms with Gasteiger partial charge < -0.3 is 83.9 Å². The van der Waals surface area contributed by atoms with Crippen LogP contribution in [0.25, 0.3) is 0 Å². The van der Waals surface area contributed by atoms with Crippen LogP contribution in [0.3, 0.4) is 0 Å². The van der Waals surface area contributed by atoms with Gasteiger partial charge in [0.1, 0.15) is 74.0 Å². The van der Waals surface area contributed by atoms with E-state index in [1.165, 1.54) is 110 Å². The van der Waals surface area contributed by atoms with Crippen molar-refractivity contribution in [2.45, 2.75) is 191 Å². The van der Waals surface area contributed by atoms with E-state index >= 15 is 0 Å². The Morgan fingerprint density at radius 2 is 0.489 bits per heavy atom. The lowest BCUT2D eigenvalue weighted by Gasteiger charge is -2.33. The number of aliphatic hydroxyl groups excluding tert-OH is 2. The second-order valence-corrected chi connectivity index (χ2v) is 44.4. The molecule has 137 heavy (non-hydrogen) atoms. The molecule has 0 radical (unpaired) electrons. The number of nitrogens with one attached hydrogen (secondary N) is 11. The fourth-order valence-corrected chi connectivity index (χ4v) is 25.1. The smallest absolute Gasteiger partial charge is 0.330 e. The number of aromatic nitrogens is 27. The standard InChI is InChI=1S/C75H94N27O30P5/c1-35-23-97(70(111)81-64(35)105)58-12-41(104)48(123-58)30-117-133(7,53-18-76-92-87-53)129-43-14-60(99-25-37(3)66(107)83-72(99)113)125-50(43)32-119-135(9,55-20-78-94-89-55)131-45-16-62(101-27-39(5)68(109)85-74(101)115)127-52(45)34-121-137(11,57-22-80-96-91-57)132-46-17-63(102-28-40(6)69(110)86-75(102)116)126-51(46)33-120-136(10,56-21-79-95-90-56)130-44-15-61(100-26-38(4)67(108)84-73(100)114)124-49(44)31-118-134(8,54-19-77-93-88-54)128-42-13-59(122-47(42)29-103)98-24-36(2)65(106)82-71(98)112/h18-28,41-52,58-63,103-104H,7-17,29-34H2,1-6H3,(H,76,87,92)(H,77,88,93)(H,78,89,94)(H,79,90,95)(H,80,91,96)(H,81,105,111)(H,82,106,112)(H,83,107,113)(H,84,108,114)(H,85,109,115)(H,86,110,116)/t41?,42?,43?,44?,45?,46?,47-,48-,49-,50-,51-,52-,58-,59-,60-,61-,62-,63-,133?,134?,135?,136?,137?/m1/s1. The first-order chi connectivity index (χ1) is 65.3. The van der Waals surface area contributed by atoms with Crippen LogP contribution in [0.1, 0.15) is 109 Å². The quantitative estimate of drug-likeness (QED) is 0.0162. The predicted octanol–water partition coefficient (Wildman–Crippen LogP) is -5.16.